The highest BCUT2D eigenvalue weighted by molar-refractivity contribution is 7.88. The number of likely N-dealkylation sites (N-methyl/N-ethyl adjacent to an activating group) is 2. The number of benzene rings is 1. The first-order valence-electron chi connectivity index (χ1n) is 7.35. The molecule has 21 heavy (non-hydrogen) atoms. The minimum absolute atomic E-state index is 0.0249. The summed E-state index contributed by atoms with van der Waals surface area (Å²) < 4.78 is 26.8. The molecule has 1 saturated heterocycles. The second-order valence-electron chi connectivity index (χ2n) is 5.80. The number of likely N-dealkylation sites (tertiary alicyclic amines) is 1. The summed E-state index contributed by atoms with van der Waals surface area (Å²) in [4.78, 5) is 2.19. The van der Waals surface area contributed by atoms with Gasteiger partial charge in [0.1, 0.15) is 0 Å². The van der Waals surface area contributed by atoms with E-state index in [1.165, 1.54) is 0 Å². The van der Waals surface area contributed by atoms with Gasteiger partial charge in [-0.05, 0) is 37.6 Å². The van der Waals surface area contributed by atoms with Crippen molar-refractivity contribution in [3.8, 4) is 0 Å². The van der Waals surface area contributed by atoms with E-state index in [0.717, 1.165) is 37.1 Å². The minimum Gasteiger partial charge on any atom is -0.326 e. The van der Waals surface area contributed by atoms with Crippen molar-refractivity contribution in [2.24, 2.45) is 5.73 Å². The van der Waals surface area contributed by atoms with Gasteiger partial charge in [0.25, 0.3) is 0 Å². The summed E-state index contributed by atoms with van der Waals surface area (Å²) in [6.45, 7) is 2.20. The van der Waals surface area contributed by atoms with Crippen molar-refractivity contribution in [2.45, 2.75) is 31.2 Å². The Morgan fingerprint density at radius 1 is 1.33 bits per heavy atom. The fourth-order valence-corrected chi connectivity index (χ4v) is 4.36. The van der Waals surface area contributed by atoms with Crippen molar-refractivity contribution in [2.75, 3.05) is 27.2 Å². The SMILES string of the molecule is CN1CCCC(N(C)S(=O)(=O)Cc2ccccc2CN)C1. The van der Waals surface area contributed by atoms with E-state index < -0.39 is 10.0 Å². The van der Waals surface area contributed by atoms with Crippen LogP contribution in [0.25, 0.3) is 0 Å². The average molecular weight is 311 g/mol. The highest BCUT2D eigenvalue weighted by Gasteiger charge is 2.29. The van der Waals surface area contributed by atoms with Crippen molar-refractivity contribution in [1.29, 1.82) is 0 Å². The molecule has 5 nitrogen and oxygen atoms in total. The van der Waals surface area contributed by atoms with Gasteiger partial charge in [0.2, 0.25) is 10.0 Å². The maximum atomic E-state index is 12.6. The fourth-order valence-electron chi connectivity index (χ4n) is 2.86. The molecule has 1 aliphatic heterocycles. The van der Waals surface area contributed by atoms with E-state index in [-0.39, 0.29) is 11.8 Å². The summed E-state index contributed by atoms with van der Waals surface area (Å²) in [7, 11) is 0.419. The third-order valence-electron chi connectivity index (χ3n) is 4.23. The Labute approximate surface area is 127 Å². The molecule has 118 valence electrons. The summed E-state index contributed by atoms with van der Waals surface area (Å²) >= 11 is 0. The normalized spacial score (nSPS) is 20.9. The molecular weight excluding hydrogens is 286 g/mol. The molecule has 1 aromatic rings. The molecule has 2 rings (SSSR count). The molecule has 0 aliphatic carbocycles. The third kappa shape index (κ3) is 4.03. The molecule has 1 unspecified atom stereocenters. The van der Waals surface area contributed by atoms with E-state index >= 15 is 0 Å². The lowest BCUT2D eigenvalue weighted by Gasteiger charge is -2.35. The van der Waals surface area contributed by atoms with E-state index in [0.29, 0.717) is 6.54 Å². The van der Waals surface area contributed by atoms with Crippen LogP contribution in [0.5, 0.6) is 0 Å². The van der Waals surface area contributed by atoms with Gasteiger partial charge >= 0.3 is 0 Å². The maximum Gasteiger partial charge on any atom is 0.218 e. The van der Waals surface area contributed by atoms with Crippen molar-refractivity contribution in [1.82, 2.24) is 9.21 Å². The van der Waals surface area contributed by atoms with Crippen molar-refractivity contribution in [3.05, 3.63) is 35.4 Å². The molecule has 1 heterocycles. The van der Waals surface area contributed by atoms with Crippen LogP contribution in [-0.2, 0) is 22.3 Å². The van der Waals surface area contributed by atoms with Gasteiger partial charge in [0.15, 0.2) is 0 Å². The number of hydrogen-bond donors (Lipinski definition) is 1. The minimum atomic E-state index is -3.32. The van der Waals surface area contributed by atoms with Crippen LogP contribution in [0.2, 0.25) is 0 Å². The van der Waals surface area contributed by atoms with Crippen LogP contribution >= 0.6 is 0 Å². The molecule has 0 aromatic heterocycles. The van der Waals surface area contributed by atoms with Gasteiger partial charge in [-0.3, -0.25) is 0 Å². The molecule has 0 saturated carbocycles. The first-order valence-corrected chi connectivity index (χ1v) is 8.96. The van der Waals surface area contributed by atoms with Crippen LogP contribution in [0.1, 0.15) is 24.0 Å². The highest BCUT2D eigenvalue weighted by Crippen LogP contribution is 2.20. The maximum absolute atomic E-state index is 12.6. The predicted octanol–water partition coefficient (Wildman–Crippen LogP) is 1.00. The van der Waals surface area contributed by atoms with Crippen LogP contribution < -0.4 is 5.73 Å². The lowest BCUT2D eigenvalue weighted by molar-refractivity contribution is 0.187. The molecule has 1 aliphatic rings. The van der Waals surface area contributed by atoms with Crippen molar-refractivity contribution >= 4 is 10.0 Å². The van der Waals surface area contributed by atoms with E-state index in [4.69, 9.17) is 5.73 Å². The predicted molar refractivity (Wildman–Crippen MR) is 85.2 cm³/mol. The molecule has 0 amide bonds. The second kappa shape index (κ2) is 6.87. The Hall–Kier alpha value is -0.950. The van der Waals surface area contributed by atoms with Crippen LogP contribution in [0, 0.1) is 0 Å². The highest BCUT2D eigenvalue weighted by atomic mass is 32.2. The summed E-state index contributed by atoms with van der Waals surface area (Å²) in [6.07, 6.45) is 1.97. The second-order valence-corrected chi connectivity index (χ2v) is 7.83. The number of piperidine rings is 1. The molecule has 1 aromatic carbocycles. The van der Waals surface area contributed by atoms with Crippen molar-refractivity contribution < 1.29 is 8.42 Å². The lowest BCUT2D eigenvalue weighted by Crippen LogP contribution is -2.47. The summed E-state index contributed by atoms with van der Waals surface area (Å²) in [6, 6.07) is 7.55. The summed E-state index contributed by atoms with van der Waals surface area (Å²) in [5, 5.41) is 0. The van der Waals surface area contributed by atoms with E-state index in [1.54, 1.807) is 11.4 Å². The van der Waals surface area contributed by atoms with Gasteiger partial charge in [-0.1, -0.05) is 24.3 Å². The Morgan fingerprint density at radius 3 is 2.62 bits per heavy atom. The molecule has 2 N–H and O–H groups in total. The first-order chi connectivity index (χ1) is 9.94. The quantitative estimate of drug-likeness (QED) is 0.881. The smallest absolute Gasteiger partial charge is 0.218 e. The van der Waals surface area contributed by atoms with Crippen LogP contribution in [0.3, 0.4) is 0 Å². The molecule has 0 bridgehead atoms. The van der Waals surface area contributed by atoms with E-state index in [9.17, 15) is 8.42 Å². The van der Waals surface area contributed by atoms with Crippen LogP contribution in [0.15, 0.2) is 24.3 Å². The summed E-state index contributed by atoms with van der Waals surface area (Å²) in [5.41, 5.74) is 7.39. The number of nitrogens with zero attached hydrogens (tertiary/aromatic N) is 2. The van der Waals surface area contributed by atoms with Gasteiger partial charge < -0.3 is 10.6 Å². The molecule has 1 atom stereocenters. The zero-order chi connectivity index (χ0) is 15.5. The monoisotopic (exact) mass is 311 g/mol. The standard InChI is InChI=1S/C15H25N3O2S/c1-17-9-5-8-15(11-17)18(2)21(19,20)12-14-7-4-3-6-13(14)10-16/h3-4,6-7,15H,5,8-12,16H2,1-2H3. The molecule has 6 heteroatoms. The Kier molecular flexibility index (Phi) is 5.37. The van der Waals surface area contributed by atoms with E-state index in [1.807, 2.05) is 31.3 Å². The van der Waals surface area contributed by atoms with Crippen LogP contribution in [0.4, 0.5) is 0 Å². The number of sulfonamides is 1. The largest absolute Gasteiger partial charge is 0.326 e. The van der Waals surface area contributed by atoms with Gasteiger partial charge in [-0.2, -0.15) is 0 Å². The van der Waals surface area contributed by atoms with Gasteiger partial charge in [-0.25, -0.2) is 12.7 Å². The Morgan fingerprint density at radius 2 is 2.00 bits per heavy atom. The molecule has 1 fully saturated rings. The number of nitrogens with two attached hydrogens (primary N) is 1. The van der Waals surface area contributed by atoms with Gasteiger partial charge in [0, 0.05) is 26.2 Å². The zero-order valence-corrected chi connectivity index (χ0v) is 13.6. The topological polar surface area (TPSA) is 66.6 Å². The van der Waals surface area contributed by atoms with E-state index in [2.05, 4.69) is 4.90 Å². The molecular formula is C15H25N3O2S. The first kappa shape index (κ1) is 16.4. The van der Waals surface area contributed by atoms with Gasteiger partial charge in [-0.15, -0.1) is 0 Å². The zero-order valence-electron chi connectivity index (χ0n) is 12.8. The van der Waals surface area contributed by atoms with Crippen LogP contribution in [-0.4, -0.2) is 50.8 Å². The number of hydrogen-bond acceptors (Lipinski definition) is 4. The van der Waals surface area contributed by atoms with Crippen molar-refractivity contribution in [3.63, 3.8) is 0 Å². The fraction of sp³-hybridized carbons (Fsp3) is 0.600. The van der Waals surface area contributed by atoms with Gasteiger partial charge in [0.05, 0.1) is 5.75 Å². The Balaban J connectivity index is 2.13. The Bertz CT molecular complexity index is 574. The molecule has 0 spiro atoms. The third-order valence-corrected chi connectivity index (χ3v) is 6.08. The number of rotatable bonds is 5. The molecule has 0 radical (unpaired) electrons. The lowest BCUT2D eigenvalue weighted by atomic mass is 10.1. The summed E-state index contributed by atoms with van der Waals surface area (Å²) in [5.74, 6) is 0.0249. The average Bonchev–Trinajstić information content (AvgIpc) is 2.46.